The van der Waals surface area contributed by atoms with Crippen LogP contribution in [0, 0.1) is 10.1 Å². The number of nitrogens with one attached hydrogen (secondary N) is 2. The number of anilines is 2. The topological polar surface area (TPSA) is 240 Å². The van der Waals surface area contributed by atoms with Crippen molar-refractivity contribution in [2.75, 3.05) is 71.0 Å². The van der Waals surface area contributed by atoms with E-state index in [4.69, 9.17) is 32.5 Å². The van der Waals surface area contributed by atoms with Crippen LogP contribution in [0.1, 0.15) is 101 Å². The quantitative estimate of drug-likeness (QED) is 0.0248. The van der Waals surface area contributed by atoms with Crippen LogP contribution in [0.15, 0.2) is 47.6 Å². The number of hydrogen-bond donors (Lipinski definition) is 3. The van der Waals surface area contributed by atoms with Crippen molar-refractivity contribution in [3.63, 3.8) is 0 Å². The van der Waals surface area contributed by atoms with Gasteiger partial charge in [0.1, 0.15) is 6.61 Å². The summed E-state index contributed by atoms with van der Waals surface area (Å²) in [6.07, 6.45) is 2.63. The van der Waals surface area contributed by atoms with Gasteiger partial charge in [0.05, 0.1) is 80.2 Å². The van der Waals surface area contributed by atoms with Crippen LogP contribution in [-0.2, 0) is 13.6 Å². The number of amides is 4. The lowest BCUT2D eigenvalue weighted by atomic mass is 10.1. The monoisotopic (exact) mass is 1120 g/mol. The van der Waals surface area contributed by atoms with Crippen LogP contribution < -0.4 is 29.6 Å². The first kappa shape index (κ1) is 60.6. The van der Waals surface area contributed by atoms with Crippen molar-refractivity contribution in [1.29, 1.82) is 0 Å². The zero-order valence-electron chi connectivity index (χ0n) is 45.6. The maximum atomic E-state index is 14.6. The number of aromatic nitrogens is 1. The molecule has 3 N–H and O–H groups in total. The fraction of sp³-hybridized carbons (Fsp3) is 0.588. The molecule has 2 fully saturated rings. The minimum absolute atomic E-state index is 0.00780. The zero-order valence-corrected chi connectivity index (χ0v) is 49.3. The molecule has 0 bridgehead atoms. The molecule has 0 radical (unpaired) electrons. The predicted octanol–water partition coefficient (Wildman–Crippen LogP) is 11.6. The van der Waals surface area contributed by atoms with Crippen molar-refractivity contribution in [2.24, 2.45) is 0 Å². The molecule has 3 heterocycles. The molecule has 5 rings (SSSR count). The Kier molecular flexibility index (Phi) is 21.1. The number of rotatable bonds is 24. The first-order valence-electron chi connectivity index (χ1n) is 25.1. The van der Waals surface area contributed by atoms with E-state index >= 15 is 0 Å². The number of nitro groups is 1. The number of methoxy groups -OCH3 is 2. The van der Waals surface area contributed by atoms with Gasteiger partial charge < -0.3 is 47.4 Å². The Morgan fingerprint density at radius 2 is 1.28 bits per heavy atom. The highest BCUT2D eigenvalue weighted by Crippen LogP contribution is 2.42. The lowest BCUT2D eigenvalue weighted by Crippen LogP contribution is -2.46. The summed E-state index contributed by atoms with van der Waals surface area (Å²) < 4.78 is 42.4. The Balaban J connectivity index is 1.31. The molecule has 0 spiro atoms. The van der Waals surface area contributed by atoms with Crippen LogP contribution in [0.25, 0.3) is 0 Å². The average Bonchev–Trinajstić information content (AvgIpc) is 4.03. The third-order valence-corrected chi connectivity index (χ3v) is 26.0. The molecule has 0 unspecified atom stereocenters. The van der Waals surface area contributed by atoms with Gasteiger partial charge in [0.25, 0.3) is 11.8 Å². The number of benzene rings is 2. The van der Waals surface area contributed by atoms with Gasteiger partial charge >= 0.3 is 17.9 Å². The van der Waals surface area contributed by atoms with Crippen molar-refractivity contribution >= 4 is 79.3 Å². The minimum atomic E-state index is -2.14. The highest BCUT2D eigenvalue weighted by atomic mass is 33.1. The van der Waals surface area contributed by atoms with Crippen molar-refractivity contribution in [3.05, 3.63) is 63.8 Å². The molecule has 2 saturated heterocycles. The van der Waals surface area contributed by atoms with Gasteiger partial charge in [-0.05, 0) is 97.9 Å². The van der Waals surface area contributed by atoms with Gasteiger partial charge in [-0.15, -0.1) is 0 Å². The average molecular weight is 1120 g/mol. The Morgan fingerprint density at radius 3 is 1.72 bits per heavy atom. The third-order valence-electron chi connectivity index (χ3n) is 14.2. The molecule has 0 aliphatic carbocycles. The van der Waals surface area contributed by atoms with E-state index in [1.165, 1.54) is 67.6 Å². The first-order chi connectivity index (χ1) is 35.2. The number of hydrogen-bond acceptors (Lipinski definition) is 16. The molecule has 1 aromatic heterocycles. The van der Waals surface area contributed by atoms with Gasteiger partial charge in [0, 0.05) is 49.2 Å². The second kappa shape index (κ2) is 26.2. The van der Waals surface area contributed by atoms with E-state index in [9.17, 15) is 34.4 Å². The summed E-state index contributed by atoms with van der Waals surface area (Å²) in [7, 11) is 0.992. The second-order valence-electron chi connectivity index (χ2n) is 21.6. The normalized spacial score (nSPS) is 16.5. The van der Waals surface area contributed by atoms with E-state index in [1.807, 2.05) is 0 Å². The summed E-state index contributed by atoms with van der Waals surface area (Å²) >= 11 is 0. The van der Waals surface area contributed by atoms with Crippen LogP contribution in [-0.4, -0.2) is 143 Å². The third kappa shape index (κ3) is 16.1. The molecule has 2 aliphatic rings. The van der Waals surface area contributed by atoms with Gasteiger partial charge in [-0.1, -0.05) is 52.3 Å². The predicted molar refractivity (Wildman–Crippen MR) is 296 cm³/mol. The van der Waals surface area contributed by atoms with Crippen molar-refractivity contribution < 1.29 is 61.7 Å². The van der Waals surface area contributed by atoms with E-state index in [1.54, 1.807) is 16.7 Å². The van der Waals surface area contributed by atoms with E-state index in [0.29, 0.717) is 32.7 Å². The molecule has 0 saturated carbocycles. The van der Waals surface area contributed by atoms with E-state index in [-0.39, 0.29) is 115 Å². The number of pyridine rings is 1. The second-order valence-corrected chi connectivity index (χ2v) is 33.9. The standard InChI is InChI=1S/C51H76N6O14S2Si2/c1-33(72-73-45-40(57(63)64)20-14-21-52-45)30-69-49(62)54-39-29-44(42(66-9)27-37(39)47(59)56-23-16-19-35(56)32-71-75(12,13)51(5,6)7)68-25-17-24-67-43-28-38(53-48(60)61)36(26-41(43)65-8)46(58)55-22-15-18-34(55)31-70-74(10,11)50(2,3)4/h14,20-21,26-29,33-35,53H,15-19,22-25,30-32H2,1-13H3,(H,54,62)(H,60,61)/t33-,34+,35+/m1/s1. The summed E-state index contributed by atoms with van der Waals surface area (Å²) in [6.45, 7) is 25.3. The molecule has 2 aliphatic heterocycles. The Bertz CT molecular complexity index is 2510. The summed E-state index contributed by atoms with van der Waals surface area (Å²) in [5.74, 6) is 0.179. The highest BCUT2D eigenvalue weighted by Gasteiger charge is 2.41. The number of likely N-dealkylation sites (tertiary alicyclic amines) is 2. The number of nitrogens with zero attached hydrogens (tertiary/aromatic N) is 4. The number of ether oxygens (including phenoxy) is 5. The van der Waals surface area contributed by atoms with E-state index in [0.717, 1.165) is 36.5 Å². The van der Waals surface area contributed by atoms with Crippen molar-refractivity contribution in [2.45, 2.75) is 139 Å². The molecular weight excluding hydrogens is 1040 g/mol. The maximum absolute atomic E-state index is 14.6. The molecule has 20 nitrogen and oxygen atoms in total. The minimum Gasteiger partial charge on any atom is -0.493 e. The zero-order chi connectivity index (χ0) is 55.5. The fourth-order valence-corrected chi connectivity index (χ4v) is 11.9. The smallest absolute Gasteiger partial charge is 0.411 e. The lowest BCUT2D eigenvalue weighted by molar-refractivity contribution is -0.388. The largest absolute Gasteiger partial charge is 0.493 e. The van der Waals surface area contributed by atoms with Gasteiger partial charge in [-0.2, -0.15) is 0 Å². The lowest BCUT2D eigenvalue weighted by Gasteiger charge is -2.38. The summed E-state index contributed by atoms with van der Waals surface area (Å²) in [5, 5.41) is 26.3. The molecular formula is C51H76N6O14S2Si2. The van der Waals surface area contributed by atoms with E-state index in [2.05, 4.69) is 83.3 Å². The summed E-state index contributed by atoms with van der Waals surface area (Å²) in [4.78, 5) is 72.9. The molecule has 24 heteroatoms. The SMILES string of the molecule is COc1cc(C(=O)N2CCC[C@H]2CO[Si](C)(C)C(C)(C)C)c(NC(=O)O)cc1OCCCOc1cc(NC(=O)OC[C@@H](C)SSc2ncccc2[N+](=O)[O-])c(C(=O)N2CCC[C@H]2CO[Si](C)(C)C(C)(C)C)cc1OC. The molecule has 2 aromatic carbocycles. The summed E-state index contributed by atoms with van der Waals surface area (Å²) in [5.41, 5.74) is 0.298. The number of carbonyl (C=O) groups excluding carboxylic acids is 3. The van der Waals surface area contributed by atoms with Crippen LogP contribution in [0.3, 0.4) is 0 Å². The highest BCUT2D eigenvalue weighted by molar-refractivity contribution is 8.77. The molecule has 414 valence electrons. The Labute approximate surface area is 450 Å². The van der Waals surface area contributed by atoms with Crippen LogP contribution in [0.4, 0.5) is 26.7 Å². The molecule has 3 aromatic rings. The van der Waals surface area contributed by atoms with Crippen molar-refractivity contribution in [1.82, 2.24) is 14.8 Å². The number of carboxylic acid groups (broad SMARTS) is 1. The van der Waals surface area contributed by atoms with Crippen LogP contribution >= 0.6 is 21.6 Å². The Hall–Kier alpha value is -5.28. The van der Waals surface area contributed by atoms with Gasteiger partial charge in [-0.3, -0.25) is 30.3 Å². The number of carbonyl (C=O) groups is 4. The van der Waals surface area contributed by atoms with Gasteiger partial charge in [-0.25, -0.2) is 14.6 Å². The molecule has 75 heavy (non-hydrogen) atoms. The molecule has 3 atom stereocenters. The first-order valence-corrected chi connectivity index (χ1v) is 33.2. The van der Waals surface area contributed by atoms with Gasteiger partial charge in [0.2, 0.25) is 0 Å². The maximum Gasteiger partial charge on any atom is 0.411 e. The molecule has 4 amide bonds. The van der Waals surface area contributed by atoms with Crippen LogP contribution in [0.2, 0.25) is 36.3 Å². The van der Waals surface area contributed by atoms with Crippen molar-refractivity contribution in [3.8, 4) is 23.0 Å². The van der Waals surface area contributed by atoms with E-state index < -0.39 is 33.7 Å². The fourth-order valence-electron chi connectivity index (χ4n) is 7.75. The summed E-state index contributed by atoms with van der Waals surface area (Å²) in [6, 6.07) is 8.44. The van der Waals surface area contributed by atoms with Gasteiger partial charge in [0.15, 0.2) is 44.7 Å². The Morgan fingerprint density at radius 1 is 0.800 bits per heavy atom. The van der Waals surface area contributed by atoms with Crippen LogP contribution in [0.5, 0.6) is 23.0 Å².